The second-order valence-electron chi connectivity index (χ2n) is 1.23. The minimum absolute atomic E-state index is 0.532. The van der Waals surface area contributed by atoms with E-state index in [0.717, 1.165) is 0 Å². The minimum atomic E-state index is -0.532. The molecule has 0 aliphatic rings. The summed E-state index contributed by atoms with van der Waals surface area (Å²) in [4.78, 5) is 0. The van der Waals surface area contributed by atoms with Crippen molar-refractivity contribution in [3.63, 3.8) is 0 Å². The van der Waals surface area contributed by atoms with E-state index in [9.17, 15) is 5.11 Å². The summed E-state index contributed by atoms with van der Waals surface area (Å²) in [6.07, 6.45) is 2.84. The fraction of sp³-hybridized carbons (Fsp3) is 0.600. The Labute approximate surface area is 38.3 Å². The zero-order chi connectivity index (χ0) is 4.99. The van der Waals surface area contributed by atoms with Crippen molar-refractivity contribution in [3.8, 4) is 0 Å². The fourth-order valence-electron chi connectivity index (χ4n) is 0.271. The van der Waals surface area contributed by atoms with E-state index in [0.29, 0.717) is 0 Å². The second kappa shape index (κ2) is 2.91. The Morgan fingerprint density at radius 3 is 2.17 bits per heavy atom. The molecule has 1 radical (unpaired) electrons. The van der Waals surface area contributed by atoms with Crippen LogP contribution in [-0.4, -0.2) is 6.10 Å². The van der Waals surface area contributed by atoms with E-state index < -0.39 is 6.10 Å². The average molecular weight is 85.1 g/mol. The highest BCUT2D eigenvalue weighted by atomic mass is 16.3. The summed E-state index contributed by atoms with van der Waals surface area (Å²) in [5.41, 5.74) is 0. The van der Waals surface area contributed by atoms with Crippen LogP contribution in [0.1, 0.15) is 13.8 Å². The van der Waals surface area contributed by atoms with Crippen LogP contribution in [0.25, 0.3) is 0 Å². The highest BCUT2D eigenvalue weighted by molar-refractivity contribution is 4.81. The lowest BCUT2D eigenvalue weighted by atomic mass is 10.4. The lowest BCUT2D eigenvalue weighted by Gasteiger charge is -1.82. The molecule has 0 aliphatic heterocycles. The molecular weight excluding hydrogens is 76.1 g/mol. The van der Waals surface area contributed by atoms with Gasteiger partial charge in [-0.25, -0.2) is 5.11 Å². The molecule has 0 amide bonds. The number of allylic oxidation sites excluding steroid dienone is 1. The SMILES string of the molecule is CC=CC(C)[O]. The van der Waals surface area contributed by atoms with Gasteiger partial charge in [-0.1, -0.05) is 12.2 Å². The van der Waals surface area contributed by atoms with Crippen molar-refractivity contribution in [3.05, 3.63) is 12.2 Å². The summed E-state index contributed by atoms with van der Waals surface area (Å²) in [5.74, 6) is 0. The molecule has 1 nitrogen and oxygen atoms in total. The van der Waals surface area contributed by atoms with Crippen LogP contribution in [0.4, 0.5) is 0 Å². The maximum absolute atomic E-state index is 10.0. The molecule has 1 atom stereocenters. The van der Waals surface area contributed by atoms with Gasteiger partial charge in [-0.3, -0.25) is 0 Å². The third-order valence-electron chi connectivity index (χ3n) is 0.463. The van der Waals surface area contributed by atoms with Crippen molar-refractivity contribution in [2.45, 2.75) is 20.0 Å². The molecule has 0 heterocycles. The van der Waals surface area contributed by atoms with Crippen LogP contribution >= 0.6 is 0 Å². The van der Waals surface area contributed by atoms with Crippen molar-refractivity contribution < 1.29 is 5.11 Å². The van der Waals surface area contributed by atoms with Gasteiger partial charge >= 0.3 is 0 Å². The topological polar surface area (TPSA) is 19.9 Å². The molecule has 0 aromatic carbocycles. The zero-order valence-electron chi connectivity index (χ0n) is 4.14. The number of hydrogen-bond donors (Lipinski definition) is 0. The second-order valence-corrected chi connectivity index (χ2v) is 1.23. The molecule has 1 unspecified atom stereocenters. The van der Waals surface area contributed by atoms with Gasteiger partial charge in [-0.05, 0) is 13.8 Å². The summed E-state index contributed by atoms with van der Waals surface area (Å²) in [7, 11) is 0. The van der Waals surface area contributed by atoms with E-state index in [4.69, 9.17) is 0 Å². The van der Waals surface area contributed by atoms with E-state index >= 15 is 0 Å². The first-order chi connectivity index (χ1) is 2.77. The molecule has 0 aromatic rings. The van der Waals surface area contributed by atoms with Gasteiger partial charge in [0.15, 0.2) is 0 Å². The number of rotatable bonds is 1. The van der Waals surface area contributed by atoms with Crippen LogP contribution in [0.15, 0.2) is 12.2 Å². The molecule has 0 saturated heterocycles. The third kappa shape index (κ3) is 3.70. The quantitative estimate of drug-likeness (QED) is 0.429. The molecule has 0 aliphatic carbocycles. The summed E-state index contributed by atoms with van der Waals surface area (Å²) in [5, 5.41) is 10.0. The average Bonchev–Trinajstić information content (AvgIpc) is 1.35. The molecular formula is C5H9O. The monoisotopic (exact) mass is 85.1 g/mol. The molecule has 0 fully saturated rings. The van der Waals surface area contributed by atoms with Gasteiger partial charge in [-0.15, -0.1) is 0 Å². The number of hydrogen-bond acceptors (Lipinski definition) is 0. The van der Waals surface area contributed by atoms with Gasteiger partial charge in [0.2, 0.25) is 0 Å². The van der Waals surface area contributed by atoms with Gasteiger partial charge in [-0.2, -0.15) is 0 Å². The summed E-state index contributed by atoms with van der Waals surface area (Å²) in [6.45, 7) is 3.45. The largest absolute Gasteiger partial charge is 0.229 e. The predicted octanol–water partition coefficient (Wildman–Crippen LogP) is 1.38. The van der Waals surface area contributed by atoms with E-state index in [2.05, 4.69) is 0 Å². The smallest absolute Gasteiger partial charge is 0.108 e. The van der Waals surface area contributed by atoms with Crippen molar-refractivity contribution in [1.29, 1.82) is 0 Å². The normalized spacial score (nSPS) is 15.8. The Morgan fingerprint density at radius 2 is 2.17 bits per heavy atom. The maximum atomic E-state index is 10.0. The molecule has 0 bridgehead atoms. The Balaban J connectivity index is 3.03. The van der Waals surface area contributed by atoms with Gasteiger partial charge in [0.05, 0.1) is 0 Å². The Hall–Kier alpha value is -0.300. The van der Waals surface area contributed by atoms with Gasteiger partial charge < -0.3 is 0 Å². The first kappa shape index (κ1) is 5.70. The highest BCUT2D eigenvalue weighted by Gasteiger charge is 1.81. The summed E-state index contributed by atoms with van der Waals surface area (Å²) < 4.78 is 0. The molecule has 0 N–H and O–H groups in total. The first-order valence-electron chi connectivity index (χ1n) is 2.06. The molecule has 0 rings (SSSR count). The molecule has 6 heavy (non-hydrogen) atoms. The maximum Gasteiger partial charge on any atom is 0.108 e. The fourth-order valence-corrected chi connectivity index (χ4v) is 0.271. The third-order valence-corrected chi connectivity index (χ3v) is 0.463. The van der Waals surface area contributed by atoms with E-state index in [-0.39, 0.29) is 0 Å². The Kier molecular flexibility index (Phi) is 2.77. The summed E-state index contributed by atoms with van der Waals surface area (Å²) >= 11 is 0. The van der Waals surface area contributed by atoms with Crippen LogP contribution in [0, 0.1) is 0 Å². The van der Waals surface area contributed by atoms with E-state index in [1.807, 2.05) is 6.92 Å². The van der Waals surface area contributed by atoms with Crippen molar-refractivity contribution in [2.75, 3.05) is 0 Å². The lowest BCUT2D eigenvalue weighted by molar-refractivity contribution is 0.146. The van der Waals surface area contributed by atoms with Gasteiger partial charge in [0.1, 0.15) is 6.10 Å². The summed E-state index contributed by atoms with van der Waals surface area (Å²) in [6, 6.07) is 0. The van der Waals surface area contributed by atoms with Crippen LogP contribution in [0.2, 0.25) is 0 Å². The predicted molar refractivity (Wildman–Crippen MR) is 25.0 cm³/mol. The lowest BCUT2D eigenvalue weighted by Crippen LogP contribution is -1.86. The van der Waals surface area contributed by atoms with Crippen LogP contribution in [0.5, 0.6) is 0 Å². The van der Waals surface area contributed by atoms with Crippen molar-refractivity contribution in [1.82, 2.24) is 0 Å². The van der Waals surface area contributed by atoms with Crippen LogP contribution in [-0.2, 0) is 5.11 Å². The van der Waals surface area contributed by atoms with Gasteiger partial charge in [0, 0.05) is 0 Å². The van der Waals surface area contributed by atoms with Crippen molar-refractivity contribution >= 4 is 0 Å². The van der Waals surface area contributed by atoms with Crippen molar-refractivity contribution in [2.24, 2.45) is 0 Å². The molecule has 0 spiro atoms. The first-order valence-corrected chi connectivity index (χ1v) is 2.06. The van der Waals surface area contributed by atoms with E-state index in [1.165, 1.54) is 0 Å². The molecule has 1 heteroatoms. The van der Waals surface area contributed by atoms with Crippen LogP contribution in [0.3, 0.4) is 0 Å². The zero-order valence-corrected chi connectivity index (χ0v) is 4.14. The van der Waals surface area contributed by atoms with E-state index in [1.54, 1.807) is 19.1 Å². The Morgan fingerprint density at radius 1 is 1.67 bits per heavy atom. The standard InChI is InChI=1S/C5H9O/c1-3-4-5(2)6/h3-5H,1-2H3. The Bertz CT molecular complexity index is 45.9. The van der Waals surface area contributed by atoms with Gasteiger partial charge in [0.25, 0.3) is 0 Å². The van der Waals surface area contributed by atoms with Crippen LogP contribution < -0.4 is 0 Å². The highest BCUT2D eigenvalue weighted by Crippen LogP contribution is 1.80. The molecule has 35 valence electrons. The molecule has 0 saturated carbocycles. The minimum Gasteiger partial charge on any atom is -0.229 e. The molecule has 0 aromatic heterocycles.